The Morgan fingerprint density at radius 3 is 3.26 bits per heavy atom. The summed E-state index contributed by atoms with van der Waals surface area (Å²) < 4.78 is 7.27. The van der Waals surface area contributed by atoms with E-state index in [-0.39, 0.29) is 6.04 Å². The maximum Gasteiger partial charge on any atom is 0.310 e. The van der Waals surface area contributed by atoms with Crippen LogP contribution in [-0.2, 0) is 16.1 Å². The molecule has 7 heteroatoms. The average molecular weight is 281 g/mol. The quantitative estimate of drug-likeness (QED) is 0.903. The summed E-state index contributed by atoms with van der Waals surface area (Å²) in [7, 11) is 1.92. The van der Waals surface area contributed by atoms with Crippen LogP contribution in [0, 0.1) is 5.92 Å². The van der Waals surface area contributed by atoms with Gasteiger partial charge in [0.25, 0.3) is 0 Å². The van der Waals surface area contributed by atoms with E-state index >= 15 is 0 Å². The predicted octanol–water partition coefficient (Wildman–Crippen LogP) is 0.927. The molecule has 1 N–H and O–H groups in total. The molecule has 6 nitrogen and oxygen atoms in total. The number of carbonyl (C=O) groups is 1. The molecule has 0 aliphatic carbocycles. The molecule has 0 aromatic carbocycles. The van der Waals surface area contributed by atoms with Gasteiger partial charge < -0.3 is 9.84 Å². The molecule has 1 aliphatic rings. The standard InChI is InChI=1S/C12H15N3O3S/c1-14(10-7-18-6-9(10)11(16)17)4-8-5-15-2-3-19-12(15)13-8/h2-3,5,9-10H,4,6-7H2,1H3,(H,16,17). The fraction of sp³-hybridized carbons (Fsp3) is 0.500. The van der Waals surface area contributed by atoms with E-state index in [9.17, 15) is 4.79 Å². The number of imidazole rings is 1. The summed E-state index contributed by atoms with van der Waals surface area (Å²) in [6.07, 6.45) is 3.95. The monoisotopic (exact) mass is 281 g/mol. The molecule has 3 rings (SSSR count). The summed E-state index contributed by atoms with van der Waals surface area (Å²) >= 11 is 1.59. The Hall–Kier alpha value is -1.44. The molecule has 1 saturated heterocycles. The largest absolute Gasteiger partial charge is 0.481 e. The molecule has 2 unspecified atom stereocenters. The van der Waals surface area contributed by atoms with Gasteiger partial charge in [0.05, 0.1) is 24.8 Å². The lowest BCUT2D eigenvalue weighted by molar-refractivity contribution is -0.143. The number of nitrogens with zero attached hydrogens (tertiary/aromatic N) is 3. The molecule has 0 radical (unpaired) electrons. The number of thiazole rings is 1. The Labute approximate surface area is 114 Å². The molecule has 102 valence electrons. The van der Waals surface area contributed by atoms with E-state index in [1.807, 2.05) is 34.1 Å². The van der Waals surface area contributed by atoms with E-state index in [1.54, 1.807) is 11.3 Å². The van der Waals surface area contributed by atoms with Gasteiger partial charge in [-0.2, -0.15) is 0 Å². The molecule has 2 atom stereocenters. The second-order valence-electron chi connectivity index (χ2n) is 4.79. The highest BCUT2D eigenvalue weighted by Gasteiger charge is 2.36. The van der Waals surface area contributed by atoms with Crippen LogP contribution < -0.4 is 0 Å². The lowest BCUT2D eigenvalue weighted by Crippen LogP contribution is -2.40. The third-order valence-electron chi connectivity index (χ3n) is 3.49. The zero-order valence-electron chi connectivity index (χ0n) is 10.5. The summed E-state index contributed by atoms with van der Waals surface area (Å²) in [6.45, 7) is 1.39. The van der Waals surface area contributed by atoms with Crippen LogP contribution in [0.4, 0.5) is 0 Å². The van der Waals surface area contributed by atoms with Gasteiger partial charge in [0.2, 0.25) is 0 Å². The van der Waals surface area contributed by atoms with E-state index in [0.717, 1.165) is 10.7 Å². The van der Waals surface area contributed by atoms with Gasteiger partial charge in [-0.25, -0.2) is 4.98 Å². The van der Waals surface area contributed by atoms with Gasteiger partial charge in [-0.3, -0.25) is 14.1 Å². The first kappa shape index (κ1) is 12.6. The lowest BCUT2D eigenvalue weighted by Gasteiger charge is -2.25. The van der Waals surface area contributed by atoms with Gasteiger partial charge in [-0.15, -0.1) is 11.3 Å². The molecule has 3 heterocycles. The fourth-order valence-electron chi connectivity index (χ4n) is 2.44. The van der Waals surface area contributed by atoms with Crippen molar-refractivity contribution in [3.8, 4) is 0 Å². The molecular formula is C12H15N3O3S. The predicted molar refractivity (Wildman–Crippen MR) is 70.3 cm³/mol. The summed E-state index contributed by atoms with van der Waals surface area (Å²) in [4.78, 5) is 18.6. The number of carboxylic acid groups (broad SMARTS) is 1. The number of carboxylic acids is 1. The zero-order valence-corrected chi connectivity index (χ0v) is 11.3. The number of fused-ring (bicyclic) bond motifs is 1. The number of hydrogen-bond acceptors (Lipinski definition) is 5. The van der Waals surface area contributed by atoms with Gasteiger partial charge in [0.15, 0.2) is 4.96 Å². The van der Waals surface area contributed by atoms with Gasteiger partial charge >= 0.3 is 5.97 Å². The van der Waals surface area contributed by atoms with Crippen molar-refractivity contribution < 1.29 is 14.6 Å². The van der Waals surface area contributed by atoms with Crippen LogP contribution in [0.15, 0.2) is 17.8 Å². The molecule has 2 aromatic rings. The summed E-state index contributed by atoms with van der Waals surface area (Å²) in [5.41, 5.74) is 0.949. The van der Waals surface area contributed by atoms with Gasteiger partial charge in [-0.05, 0) is 7.05 Å². The molecule has 2 aromatic heterocycles. The van der Waals surface area contributed by atoms with Crippen molar-refractivity contribution in [2.24, 2.45) is 5.92 Å². The highest BCUT2D eigenvalue weighted by molar-refractivity contribution is 7.15. The summed E-state index contributed by atoms with van der Waals surface area (Å²) in [6, 6.07) is -0.0859. The summed E-state index contributed by atoms with van der Waals surface area (Å²) in [5, 5.41) is 11.1. The first-order valence-corrected chi connectivity index (χ1v) is 6.95. The van der Waals surface area contributed by atoms with E-state index in [4.69, 9.17) is 9.84 Å². The number of hydrogen-bond donors (Lipinski definition) is 1. The van der Waals surface area contributed by atoms with Gasteiger partial charge in [-0.1, -0.05) is 0 Å². The molecular weight excluding hydrogens is 266 g/mol. The Kier molecular flexibility index (Phi) is 3.26. The maximum atomic E-state index is 11.1. The van der Waals surface area contributed by atoms with E-state index in [1.165, 1.54) is 0 Å². The third kappa shape index (κ3) is 2.36. The molecule has 0 amide bonds. The summed E-state index contributed by atoms with van der Waals surface area (Å²) in [5.74, 6) is -1.24. The first-order valence-electron chi connectivity index (χ1n) is 6.07. The van der Waals surface area contributed by atoms with Gasteiger partial charge in [0.1, 0.15) is 0 Å². The van der Waals surface area contributed by atoms with Crippen LogP contribution >= 0.6 is 11.3 Å². The topological polar surface area (TPSA) is 67.1 Å². The Balaban J connectivity index is 1.72. The Morgan fingerprint density at radius 2 is 2.53 bits per heavy atom. The molecule has 0 spiro atoms. The molecule has 0 saturated carbocycles. The minimum atomic E-state index is -0.792. The third-order valence-corrected chi connectivity index (χ3v) is 4.26. The van der Waals surface area contributed by atoms with Crippen LogP contribution in [0.3, 0.4) is 0 Å². The average Bonchev–Trinajstić information content (AvgIpc) is 3.01. The number of rotatable bonds is 4. The van der Waals surface area contributed by atoms with Crippen molar-refractivity contribution in [3.05, 3.63) is 23.5 Å². The van der Waals surface area contributed by atoms with Crippen molar-refractivity contribution in [2.75, 3.05) is 20.3 Å². The molecule has 19 heavy (non-hydrogen) atoms. The van der Waals surface area contributed by atoms with Crippen LogP contribution in [-0.4, -0.2) is 51.7 Å². The highest BCUT2D eigenvalue weighted by atomic mass is 32.1. The van der Waals surface area contributed by atoms with Crippen molar-refractivity contribution in [1.82, 2.24) is 14.3 Å². The lowest BCUT2D eigenvalue weighted by atomic mass is 10.0. The Morgan fingerprint density at radius 1 is 1.68 bits per heavy atom. The van der Waals surface area contributed by atoms with Crippen molar-refractivity contribution in [2.45, 2.75) is 12.6 Å². The second-order valence-corrected chi connectivity index (χ2v) is 5.66. The van der Waals surface area contributed by atoms with Gasteiger partial charge in [0, 0.05) is 30.4 Å². The SMILES string of the molecule is CN(Cc1cn2ccsc2n1)C1COCC1C(=O)O. The second kappa shape index (κ2) is 4.92. The fourth-order valence-corrected chi connectivity index (χ4v) is 3.16. The normalized spacial score (nSPS) is 23.5. The minimum absolute atomic E-state index is 0.0859. The van der Waals surface area contributed by atoms with Crippen LogP contribution in [0.25, 0.3) is 4.96 Å². The maximum absolute atomic E-state index is 11.1. The minimum Gasteiger partial charge on any atom is -0.481 e. The van der Waals surface area contributed by atoms with Crippen molar-refractivity contribution in [1.29, 1.82) is 0 Å². The number of aliphatic carboxylic acids is 1. The van der Waals surface area contributed by atoms with Crippen molar-refractivity contribution in [3.63, 3.8) is 0 Å². The number of ether oxygens (including phenoxy) is 1. The number of likely N-dealkylation sites (N-methyl/N-ethyl adjacent to an activating group) is 1. The van der Waals surface area contributed by atoms with Crippen LogP contribution in [0.2, 0.25) is 0 Å². The van der Waals surface area contributed by atoms with Crippen LogP contribution in [0.1, 0.15) is 5.69 Å². The zero-order chi connectivity index (χ0) is 13.4. The number of aromatic nitrogens is 2. The first-order chi connectivity index (χ1) is 9.15. The molecule has 0 bridgehead atoms. The van der Waals surface area contributed by atoms with E-state index in [0.29, 0.717) is 19.8 Å². The van der Waals surface area contributed by atoms with E-state index in [2.05, 4.69) is 4.98 Å². The molecule has 1 fully saturated rings. The van der Waals surface area contributed by atoms with E-state index < -0.39 is 11.9 Å². The highest BCUT2D eigenvalue weighted by Crippen LogP contribution is 2.21. The Bertz CT molecular complexity index is 565. The van der Waals surface area contributed by atoms with Crippen molar-refractivity contribution >= 4 is 22.3 Å². The molecule has 1 aliphatic heterocycles. The smallest absolute Gasteiger partial charge is 0.310 e. The van der Waals surface area contributed by atoms with Crippen LogP contribution in [0.5, 0.6) is 0 Å².